The molecule has 1 saturated carbocycles. The second-order valence-electron chi connectivity index (χ2n) is 4.01. The Labute approximate surface area is 80.1 Å². The van der Waals surface area contributed by atoms with Gasteiger partial charge in [-0.05, 0) is 25.2 Å². The van der Waals surface area contributed by atoms with Crippen LogP contribution < -0.4 is 5.32 Å². The molecule has 74 valence electrons. The minimum atomic E-state index is 0.262. The first-order chi connectivity index (χ1) is 6.22. The highest BCUT2D eigenvalue weighted by Gasteiger charge is 2.41. The molecule has 1 aliphatic carbocycles. The molecule has 1 fully saturated rings. The van der Waals surface area contributed by atoms with Crippen LogP contribution in [0.1, 0.15) is 26.2 Å². The molecule has 0 saturated heterocycles. The van der Waals surface area contributed by atoms with E-state index in [0.29, 0.717) is 11.8 Å². The Balaban J connectivity index is 2.09. The molecule has 1 unspecified atom stereocenters. The zero-order valence-corrected chi connectivity index (χ0v) is 8.47. The van der Waals surface area contributed by atoms with Gasteiger partial charge in [0.15, 0.2) is 0 Å². The maximum Gasteiger partial charge on any atom is 0.0667 e. The average Bonchev–Trinajstić information content (AvgIpc) is 2.86. The first-order valence-corrected chi connectivity index (χ1v) is 4.83. The van der Waals surface area contributed by atoms with Gasteiger partial charge in [0, 0.05) is 26.6 Å². The maximum atomic E-state index is 8.59. The van der Waals surface area contributed by atoms with Crippen LogP contribution in [0.15, 0.2) is 0 Å². The summed E-state index contributed by atoms with van der Waals surface area (Å²) < 4.78 is 5.12. The van der Waals surface area contributed by atoms with Crippen molar-refractivity contribution in [3.63, 3.8) is 0 Å². The molecule has 0 aliphatic heterocycles. The van der Waals surface area contributed by atoms with Crippen molar-refractivity contribution in [1.29, 1.82) is 5.26 Å². The summed E-state index contributed by atoms with van der Waals surface area (Å²) >= 11 is 0. The highest BCUT2D eigenvalue weighted by Crippen LogP contribution is 2.47. The Kier molecular flexibility index (Phi) is 3.71. The van der Waals surface area contributed by atoms with Gasteiger partial charge in [0.2, 0.25) is 0 Å². The van der Waals surface area contributed by atoms with Gasteiger partial charge in [0.25, 0.3) is 0 Å². The molecule has 1 aliphatic rings. The zero-order chi connectivity index (χ0) is 9.73. The smallest absolute Gasteiger partial charge is 0.0667 e. The second-order valence-corrected chi connectivity index (χ2v) is 4.01. The fourth-order valence-corrected chi connectivity index (χ4v) is 1.38. The van der Waals surface area contributed by atoms with Crippen LogP contribution in [0, 0.1) is 16.7 Å². The van der Waals surface area contributed by atoms with Crippen LogP contribution in [0.2, 0.25) is 0 Å². The first kappa shape index (κ1) is 10.5. The number of nitriles is 1. The van der Waals surface area contributed by atoms with Crippen molar-refractivity contribution >= 4 is 0 Å². The van der Waals surface area contributed by atoms with Crippen molar-refractivity contribution < 1.29 is 4.74 Å². The lowest BCUT2D eigenvalue weighted by atomic mass is 10.0. The van der Waals surface area contributed by atoms with Gasteiger partial charge < -0.3 is 10.1 Å². The molecule has 0 aromatic rings. The predicted octanol–water partition coefficient (Wildman–Crippen LogP) is 1.30. The normalized spacial score (nSPS) is 20.7. The van der Waals surface area contributed by atoms with Crippen LogP contribution in [0.5, 0.6) is 0 Å². The van der Waals surface area contributed by atoms with Crippen LogP contribution in [-0.4, -0.2) is 26.3 Å². The fraction of sp³-hybridized carbons (Fsp3) is 0.900. The summed E-state index contributed by atoms with van der Waals surface area (Å²) in [6.45, 7) is 3.88. The van der Waals surface area contributed by atoms with Gasteiger partial charge in [0.1, 0.15) is 0 Å². The first-order valence-electron chi connectivity index (χ1n) is 4.83. The van der Waals surface area contributed by atoms with Crippen LogP contribution in [0.3, 0.4) is 0 Å². The summed E-state index contributed by atoms with van der Waals surface area (Å²) in [4.78, 5) is 0. The lowest BCUT2D eigenvalue weighted by molar-refractivity contribution is 0.116. The topological polar surface area (TPSA) is 45.0 Å². The van der Waals surface area contributed by atoms with E-state index in [-0.39, 0.29) is 6.10 Å². The van der Waals surface area contributed by atoms with E-state index in [2.05, 4.69) is 11.4 Å². The quantitative estimate of drug-likeness (QED) is 0.673. The molecular formula is C10H18N2O. The summed E-state index contributed by atoms with van der Waals surface area (Å²) in [5.74, 6) is 0. The minimum Gasteiger partial charge on any atom is -0.380 e. The number of nitrogens with one attached hydrogen (secondary N) is 1. The van der Waals surface area contributed by atoms with Crippen molar-refractivity contribution in [3.8, 4) is 6.07 Å². The molecule has 0 radical (unpaired) electrons. The number of ether oxygens (including phenoxy) is 1. The third-order valence-corrected chi connectivity index (χ3v) is 2.75. The number of methoxy groups -OCH3 is 1. The SMILES string of the molecule is COC(C)CNCC1(CC#N)CC1. The number of rotatable bonds is 6. The molecule has 3 heteroatoms. The van der Waals surface area contributed by atoms with Gasteiger partial charge in [0.05, 0.1) is 12.2 Å². The summed E-state index contributed by atoms with van der Waals surface area (Å²) in [5.41, 5.74) is 0.308. The number of hydrogen-bond acceptors (Lipinski definition) is 3. The molecule has 0 bridgehead atoms. The molecule has 1 atom stereocenters. The van der Waals surface area contributed by atoms with Crippen LogP contribution in [0.25, 0.3) is 0 Å². The fourth-order valence-electron chi connectivity index (χ4n) is 1.38. The van der Waals surface area contributed by atoms with E-state index >= 15 is 0 Å². The molecule has 1 N–H and O–H groups in total. The van der Waals surface area contributed by atoms with E-state index in [1.54, 1.807) is 7.11 Å². The number of nitrogens with zero attached hydrogens (tertiary/aromatic N) is 1. The van der Waals surface area contributed by atoms with Crippen molar-refractivity contribution in [2.24, 2.45) is 5.41 Å². The van der Waals surface area contributed by atoms with Gasteiger partial charge in [-0.2, -0.15) is 5.26 Å². The monoisotopic (exact) mass is 182 g/mol. The third kappa shape index (κ3) is 3.33. The molecule has 13 heavy (non-hydrogen) atoms. The zero-order valence-electron chi connectivity index (χ0n) is 8.47. The Morgan fingerprint density at radius 1 is 1.62 bits per heavy atom. The van der Waals surface area contributed by atoms with Gasteiger partial charge in [-0.15, -0.1) is 0 Å². The molecule has 0 aromatic heterocycles. The molecule has 3 nitrogen and oxygen atoms in total. The van der Waals surface area contributed by atoms with E-state index in [0.717, 1.165) is 13.1 Å². The molecule has 0 spiro atoms. The molecule has 0 heterocycles. The summed E-state index contributed by atoms with van der Waals surface area (Å²) in [7, 11) is 1.72. The highest BCUT2D eigenvalue weighted by molar-refractivity contribution is 5.00. The Morgan fingerprint density at radius 3 is 2.77 bits per heavy atom. The lowest BCUT2D eigenvalue weighted by Gasteiger charge is -2.14. The lowest BCUT2D eigenvalue weighted by Crippen LogP contribution is -2.31. The van der Waals surface area contributed by atoms with E-state index in [4.69, 9.17) is 10.00 Å². The standard InChI is InChI=1S/C10H18N2O/c1-9(13-2)7-12-8-10(3-4-10)5-6-11/h9,12H,3-5,7-8H2,1-2H3. The van der Waals surface area contributed by atoms with Gasteiger partial charge in [-0.1, -0.05) is 0 Å². The van der Waals surface area contributed by atoms with Crippen LogP contribution in [0.4, 0.5) is 0 Å². The Hall–Kier alpha value is -0.590. The summed E-state index contributed by atoms with van der Waals surface area (Å²) in [6.07, 6.45) is 3.36. The second kappa shape index (κ2) is 4.59. The van der Waals surface area contributed by atoms with Crippen molar-refractivity contribution in [2.45, 2.75) is 32.3 Å². The molecule has 0 aromatic carbocycles. The summed E-state index contributed by atoms with van der Waals surface area (Å²) in [6, 6.07) is 2.25. The number of hydrogen-bond donors (Lipinski definition) is 1. The maximum absolute atomic E-state index is 8.59. The largest absolute Gasteiger partial charge is 0.380 e. The highest BCUT2D eigenvalue weighted by atomic mass is 16.5. The minimum absolute atomic E-state index is 0.262. The predicted molar refractivity (Wildman–Crippen MR) is 51.2 cm³/mol. The van der Waals surface area contributed by atoms with Crippen molar-refractivity contribution in [3.05, 3.63) is 0 Å². The van der Waals surface area contributed by atoms with E-state index in [9.17, 15) is 0 Å². The van der Waals surface area contributed by atoms with Gasteiger partial charge >= 0.3 is 0 Å². The van der Waals surface area contributed by atoms with E-state index in [1.165, 1.54) is 12.8 Å². The van der Waals surface area contributed by atoms with Gasteiger partial charge in [-0.3, -0.25) is 0 Å². The molecular weight excluding hydrogens is 164 g/mol. The Morgan fingerprint density at radius 2 is 2.31 bits per heavy atom. The van der Waals surface area contributed by atoms with Crippen molar-refractivity contribution in [2.75, 3.05) is 20.2 Å². The van der Waals surface area contributed by atoms with Gasteiger partial charge in [-0.25, -0.2) is 0 Å². The van der Waals surface area contributed by atoms with Crippen LogP contribution in [-0.2, 0) is 4.74 Å². The molecule has 1 rings (SSSR count). The van der Waals surface area contributed by atoms with E-state index < -0.39 is 0 Å². The van der Waals surface area contributed by atoms with E-state index in [1.807, 2.05) is 6.92 Å². The average molecular weight is 182 g/mol. The molecule has 0 amide bonds. The third-order valence-electron chi connectivity index (χ3n) is 2.75. The van der Waals surface area contributed by atoms with Crippen LogP contribution >= 0.6 is 0 Å². The van der Waals surface area contributed by atoms with Crippen molar-refractivity contribution in [1.82, 2.24) is 5.32 Å². The Bertz CT molecular complexity index is 194. The summed E-state index contributed by atoms with van der Waals surface area (Å²) in [5, 5.41) is 11.9.